The van der Waals surface area contributed by atoms with E-state index in [0.717, 1.165) is 30.2 Å². The molecule has 0 aromatic carbocycles. The number of hydrogen-bond donors (Lipinski definition) is 1. The Morgan fingerprint density at radius 2 is 2.22 bits per heavy atom. The standard InChI is InChI=1S/C20H29N3/c1-3-17(11-21-7-1)14-23-8-2-4-18(15-23)12-22-13-20-10-16-5-6-19(20)9-16/h1,3,5-7,11,16,18-20,22H,2,4,8-10,12-15H2/t16-,18-,19-,20-/m0/s1. The van der Waals surface area contributed by atoms with Gasteiger partial charge in [0.25, 0.3) is 0 Å². The van der Waals surface area contributed by atoms with Gasteiger partial charge >= 0.3 is 0 Å². The summed E-state index contributed by atoms with van der Waals surface area (Å²) in [4.78, 5) is 6.84. The van der Waals surface area contributed by atoms with Gasteiger partial charge in [0.2, 0.25) is 0 Å². The minimum atomic E-state index is 0.814. The molecule has 3 aliphatic rings. The fourth-order valence-electron chi connectivity index (χ4n) is 4.81. The maximum atomic E-state index is 4.24. The predicted molar refractivity (Wildman–Crippen MR) is 94.0 cm³/mol. The number of pyridine rings is 1. The van der Waals surface area contributed by atoms with E-state index in [1.54, 1.807) is 0 Å². The van der Waals surface area contributed by atoms with Crippen molar-refractivity contribution in [2.45, 2.75) is 32.2 Å². The van der Waals surface area contributed by atoms with Gasteiger partial charge in [0.1, 0.15) is 0 Å². The van der Waals surface area contributed by atoms with Crippen molar-refractivity contribution in [3.05, 3.63) is 42.2 Å². The molecule has 2 bridgehead atoms. The van der Waals surface area contributed by atoms with Crippen LogP contribution in [-0.2, 0) is 6.54 Å². The van der Waals surface area contributed by atoms with Crippen molar-refractivity contribution in [3.8, 4) is 0 Å². The highest BCUT2D eigenvalue weighted by Crippen LogP contribution is 2.42. The molecule has 0 amide bonds. The van der Waals surface area contributed by atoms with Crippen molar-refractivity contribution in [3.63, 3.8) is 0 Å². The van der Waals surface area contributed by atoms with E-state index in [9.17, 15) is 0 Å². The van der Waals surface area contributed by atoms with Crippen LogP contribution in [-0.4, -0.2) is 36.1 Å². The second kappa shape index (κ2) is 7.14. The van der Waals surface area contributed by atoms with Crippen LogP contribution in [0.4, 0.5) is 0 Å². The van der Waals surface area contributed by atoms with Crippen LogP contribution in [0.3, 0.4) is 0 Å². The molecular formula is C20H29N3. The lowest BCUT2D eigenvalue weighted by Crippen LogP contribution is -2.40. The molecule has 1 saturated carbocycles. The molecule has 1 aromatic rings. The summed E-state index contributed by atoms with van der Waals surface area (Å²) >= 11 is 0. The van der Waals surface area contributed by atoms with E-state index in [1.807, 2.05) is 18.5 Å². The van der Waals surface area contributed by atoms with E-state index in [4.69, 9.17) is 0 Å². The third kappa shape index (κ3) is 3.84. The number of likely N-dealkylation sites (tertiary alicyclic amines) is 1. The van der Waals surface area contributed by atoms with Crippen molar-refractivity contribution in [1.82, 2.24) is 15.2 Å². The first-order valence-electron chi connectivity index (χ1n) is 9.37. The summed E-state index contributed by atoms with van der Waals surface area (Å²) in [7, 11) is 0. The number of piperidine rings is 1. The van der Waals surface area contributed by atoms with Gasteiger partial charge in [0.05, 0.1) is 0 Å². The molecular weight excluding hydrogens is 282 g/mol. The Kier molecular flexibility index (Phi) is 4.77. The minimum absolute atomic E-state index is 0.814. The lowest BCUT2D eigenvalue weighted by atomic mass is 9.93. The number of aromatic nitrogens is 1. The van der Waals surface area contributed by atoms with Gasteiger partial charge in [-0.15, -0.1) is 0 Å². The molecule has 0 spiro atoms. The fourth-order valence-corrected chi connectivity index (χ4v) is 4.81. The lowest BCUT2D eigenvalue weighted by molar-refractivity contribution is 0.164. The zero-order valence-electron chi connectivity index (χ0n) is 14.0. The van der Waals surface area contributed by atoms with Crippen molar-refractivity contribution < 1.29 is 0 Å². The molecule has 1 aliphatic heterocycles. The van der Waals surface area contributed by atoms with E-state index >= 15 is 0 Å². The largest absolute Gasteiger partial charge is 0.316 e. The molecule has 1 aromatic heterocycles. The average Bonchev–Trinajstić information content (AvgIpc) is 3.19. The molecule has 2 fully saturated rings. The summed E-state index contributed by atoms with van der Waals surface area (Å²) in [6.07, 6.45) is 14.3. The number of fused-ring (bicyclic) bond motifs is 2. The molecule has 23 heavy (non-hydrogen) atoms. The highest BCUT2D eigenvalue weighted by atomic mass is 15.1. The van der Waals surface area contributed by atoms with Crippen molar-refractivity contribution >= 4 is 0 Å². The van der Waals surface area contributed by atoms with Gasteiger partial charge in [-0.1, -0.05) is 18.2 Å². The van der Waals surface area contributed by atoms with E-state index in [0.29, 0.717) is 0 Å². The molecule has 4 atom stereocenters. The van der Waals surface area contributed by atoms with Crippen molar-refractivity contribution in [2.75, 3.05) is 26.2 Å². The third-order valence-corrected chi connectivity index (χ3v) is 5.99. The Bertz CT molecular complexity index is 527. The molecule has 0 unspecified atom stereocenters. The molecule has 3 heteroatoms. The molecule has 1 N–H and O–H groups in total. The van der Waals surface area contributed by atoms with E-state index in [2.05, 4.69) is 33.4 Å². The summed E-state index contributed by atoms with van der Waals surface area (Å²) in [6, 6.07) is 4.24. The van der Waals surface area contributed by atoms with E-state index in [-0.39, 0.29) is 0 Å². The normalized spacial score (nSPS) is 33.4. The zero-order valence-corrected chi connectivity index (χ0v) is 14.0. The second-order valence-electron chi connectivity index (χ2n) is 7.80. The van der Waals surface area contributed by atoms with Crippen LogP contribution in [0, 0.1) is 23.7 Å². The van der Waals surface area contributed by atoms with Gasteiger partial charge in [-0.05, 0) is 80.6 Å². The zero-order chi connectivity index (χ0) is 15.5. The van der Waals surface area contributed by atoms with Crippen LogP contribution in [0.2, 0.25) is 0 Å². The summed E-state index contributed by atoms with van der Waals surface area (Å²) < 4.78 is 0. The van der Waals surface area contributed by atoms with Crippen LogP contribution in [0.25, 0.3) is 0 Å². The van der Waals surface area contributed by atoms with Gasteiger partial charge in [-0.3, -0.25) is 9.88 Å². The van der Waals surface area contributed by atoms with Crippen molar-refractivity contribution in [2.24, 2.45) is 23.7 Å². The van der Waals surface area contributed by atoms with E-state index in [1.165, 1.54) is 57.4 Å². The molecule has 2 aliphatic carbocycles. The molecule has 124 valence electrons. The number of nitrogens with zero attached hydrogens (tertiary/aromatic N) is 2. The van der Waals surface area contributed by atoms with Gasteiger partial charge in [0, 0.05) is 25.5 Å². The van der Waals surface area contributed by atoms with Gasteiger partial charge in [-0.25, -0.2) is 0 Å². The highest BCUT2D eigenvalue weighted by Gasteiger charge is 2.35. The summed E-state index contributed by atoms with van der Waals surface area (Å²) in [5.74, 6) is 3.49. The summed E-state index contributed by atoms with van der Waals surface area (Å²) in [5.41, 5.74) is 1.34. The van der Waals surface area contributed by atoms with Crippen LogP contribution in [0.5, 0.6) is 0 Å². The van der Waals surface area contributed by atoms with Gasteiger partial charge in [-0.2, -0.15) is 0 Å². The average molecular weight is 311 g/mol. The highest BCUT2D eigenvalue weighted by molar-refractivity contribution is 5.10. The van der Waals surface area contributed by atoms with Crippen LogP contribution in [0.1, 0.15) is 31.2 Å². The smallest absolute Gasteiger partial charge is 0.0312 e. The number of nitrogens with one attached hydrogen (secondary N) is 1. The third-order valence-electron chi connectivity index (χ3n) is 5.99. The Morgan fingerprint density at radius 1 is 1.22 bits per heavy atom. The summed E-state index contributed by atoms with van der Waals surface area (Å²) in [6.45, 7) is 5.95. The lowest BCUT2D eigenvalue weighted by Gasteiger charge is -2.33. The van der Waals surface area contributed by atoms with Crippen LogP contribution < -0.4 is 5.32 Å². The van der Waals surface area contributed by atoms with Gasteiger partial charge < -0.3 is 5.32 Å². The summed E-state index contributed by atoms with van der Waals surface area (Å²) in [5, 5.41) is 3.79. The Balaban J connectivity index is 1.20. The quantitative estimate of drug-likeness (QED) is 0.818. The minimum Gasteiger partial charge on any atom is -0.316 e. The molecule has 4 rings (SSSR count). The number of allylic oxidation sites excluding steroid dienone is 2. The predicted octanol–water partition coefficient (Wildman–Crippen LogP) is 3.10. The first-order valence-corrected chi connectivity index (χ1v) is 9.37. The maximum absolute atomic E-state index is 4.24. The Hall–Kier alpha value is -1.19. The molecule has 0 radical (unpaired) electrons. The van der Waals surface area contributed by atoms with Gasteiger partial charge in [0.15, 0.2) is 0 Å². The van der Waals surface area contributed by atoms with E-state index < -0.39 is 0 Å². The van der Waals surface area contributed by atoms with Crippen LogP contribution >= 0.6 is 0 Å². The SMILES string of the molecule is C1=C[C@H]2C[C@H]1C[C@H]2CNC[C@@H]1CCCN(Cc2cccnc2)C1. The maximum Gasteiger partial charge on any atom is 0.0312 e. The molecule has 1 saturated heterocycles. The second-order valence-corrected chi connectivity index (χ2v) is 7.80. The first kappa shape index (κ1) is 15.3. The topological polar surface area (TPSA) is 28.2 Å². The van der Waals surface area contributed by atoms with Crippen LogP contribution in [0.15, 0.2) is 36.7 Å². The number of hydrogen-bond acceptors (Lipinski definition) is 3. The van der Waals surface area contributed by atoms with Crippen molar-refractivity contribution in [1.29, 1.82) is 0 Å². The monoisotopic (exact) mass is 311 g/mol. The number of rotatable bonds is 6. The first-order chi connectivity index (χ1) is 11.4. The fraction of sp³-hybridized carbons (Fsp3) is 0.650. The Labute approximate surface area is 140 Å². The molecule has 3 nitrogen and oxygen atoms in total. The molecule has 2 heterocycles. The Morgan fingerprint density at radius 3 is 3.00 bits per heavy atom.